The maximum Gasteiger partial charge on any atom is 0.186 e. The van der Waals surface area contributed by atoms with Crippen LogP contribution in [0.4, 0.5) is 0 Å². The van der Waals surface area contributed by atoms with E-state index in [2.05, 4.69) is 61.5 Å². The van der Waals surface area contributed by atoms with Gasteiger partial charge in [0.05, 0.1) is 18.8 Å². The third kappa shape index (κ3) is 5.40. The lowest BCUT2D eigenvalue weighted by molar-refractivity contribution is -0.302. The summed E-state index contributed by atoms with van der Waals surface area (Å²) in [5, 5.41) is 52.5. The fourth-order valence-electron chi connectivity index (χ4n) is 13.5. The minimum Gasteiger partial charge on any atom is -0.388 e. The Morgan fingerprint density at radius 1 is 0.720 bits per heavy atom. The molecule has 2 heterocycles. The van der Waals surface area contributed by atoms with Crippen LogP contribution in [0.5, 0.6) is 0 Å². The van der Waals surface area contributed by atoms with Crippen LogP contribution in [0.1, 0.15) is 120 Å². The van der Waals surface area contributed by atoms with Gasteiger partial charge in [-0.25, -0.2) is 0 Å². The van der Waals surface area contributed by atoms with Gasteiger partial charge in [-0.3, -0.25) is 0 Å². The van der Waals surface area contributed by atoms with Crippen molar-refractivity contribution >= 4 is 0 Å². The van der Waals surface area contributed by atoms with Gasteiger partial charge in [-0.05, 0) is 121 Å². The summed E-state index contributed by atoms with van der Waals surface area (Å²) in [6.45, 7) is 21.6. The van der Waals surface area contributed by atoms with Crippen LogP contribution < -0.4 is 0 Å². The summed E-state index contributed by atoms with van der Waals surface area (Å²) in [7, 11) is 0. The van der Waals surface area contributed by atoms with E-state index in [-0.39, 0.29) is 34.4 Å². The van der Waals surface area contributed by atoms with Crippen LogP contribution in [0, 0.1) is 56.7 Å². The Kier molecular flexibility index (Phi) is 9.59. The van der Waals surface area contributed by atoms with Crippen molar-refractivity contribution in [1.29, 1.82) is 0 Å². The van der Waals surface area contributed by atoms with Crippen LogP contribution in [0.3, 0.4) is 0 Å². The molecule has 9 heteroatoms. The van der Waals surface area contributed by atoms with Crippen LogP contribution in [-0.4, -0.2) is 93.6 Å². The van der Waals surface area contributed by atoms with Crippen LogP contribution in [0.25, 0.3) is 0 Å². The van der Waals surface area contributed by atoms with Gasteiger partial charge in [-0.15, -0.1) is 0 Å². The van der Waals surface area contributed by atoms with Gasteiger partial charge >= 0.3 is 0 Å². The molecule has 4 saturated carbocycles. The number of rotatable bonds is 5. The maximum atomic E-state index is 11.1. The second-order valence-electron chi connectivity index (χ2n) is 19.8. The third-order valence-electron chi connectivity index (χ3n) is 17.2. The molecule has 19 atom stereocenters. The lowest BCUT2D eigenvalue weighted by atomic mass is 9.33. The molecule has 9 nitrogen and oxygen atoms in total. The van der Waals surface area contributed by atoms with Gasteiger partial charge in [0.2, 0.25) is 0 Å². The van der Waals surface area contributed by atoms with Crippen LogP contribution >= 0.6 is 0 Å². The second kappa shape index (κ2) is 12.7. The number of aliphatic hydroxyl groups excluding tert-OH is 5. The van der Waals surface area contributed by atoms with Crippen LogP contribution in [0.2, 0.25) is 0 Å². The van der Waals surface area contributed by atoms with E-state index < -0.39 is 55.3 Å². The van der Waals surface area contributed by atoms with Crippen molar-refractivity contribution in [2.75, 3.05) is 6.61 Å². The smallest absolute Gasteiger partial charge is 0.186 e. The molecule has 5 aliphatic carbocycles. The largest absolute Gasteiger partial charge is 0.388 e. The monoisotopic (exact) mass is 704 g/mol. The van der Waals surface area contributed by atoms with Crippen LogP contribution in [0.15, 0.2) is 11.6 Å². The summed E-state index contributed by atoms with van der Waals surface area (Å²) in [4.78, 5) is 0. The normalized spacial score (nSPS) is 57.6. The summed E-state index contributed by atoms with van der Waals surface area (Å²) in [6.07, 6.45) is 2.92. The van der Waals surface area contributed by atoms with Crippen LogP contribution in [-0.2, 0) is 18.9 Å². The molecule has 6 fully saturated rings. The number of fused-ring (bicyclic) bond motifs is 7. The first-order chi connectivity index (χ1) is 23.3. The maximum absolute atomic E-state index is 11.1. The molecule has 7 rings (SSSR count). The summed E-state index contributed by atoms with van der Waals surface area (Å²) in [6, 6.07) is 0. The van der Waals surface area contributed by atoms with Crippen molar-refractivity contribution in [3.8, 4) is 0 Å². The molecule has 0 aromatic carbocycles. The van der Waals surface area contributed by atoms with Crippen molar-refractivity contribution in [2.24, 2.45) is 56.7 Å². The Labute approximate surface area is 300 Å². The minimum absolute atomic E-state index is 0.150. The first-order valence-electron chi connectivity index (χ1n) is 20.0. The Morgan fingerprint density at radius 3 is 2.14 bits per heavy atom. The SMILES string of the molecule is CC1CCC2(C)CCC3(C)C(=CCC4C5(C)CCC(OC6OC(COC7OC(C)C(O)C(O)C7O)C(O)C6O)C(C)(C)C5CCC43C)C2C1C. The standard InChI is InChI=1S/C41H68O9/c1-21-12-15-38(6)18-19-40(8)24(29(38)22(21)2)10-11-27-39(7)16-14-28(37(4,5)26(39)13-17-41(27,40)9)50-36-33(45)31(43)25(49-36)20-47-35-34(46)32(44)30(42)23(3)48-35/h10,21-23,25-36,42-46H,11-20H2,1-9H3. The minimum atomic E-state index is -1.46. The number of allylic oxidation sites excluding steroid dienone is 2. The highest BCUT2D eigenvalue weighted by molar-refractivity contribution is 5.33. The average Bonchev–Trinajstić information content (AvgIpc) is 3.32. The Bertz CT molecular complexity index is 1300. The van der Waals surface area contributed by atoms with Gasteiger partial charge in [0.25, 0.3) is 0 Å². The zero-order valence-electron chi connectivity index (χ0n) is 32.2. The third-order valence-corrected chi connectivity index (χ3v) is 17.2. The molecule has 50 heavy (non-hydrogen) atoms. The molecule has 0 aromatic rings. The van der Waals surface area contributed by atoms with E-state index in [1.807, 2.05) is 0 Å². The number of hydrogen-bond acceptors (Lipinski definition) is 9. The molecule has 19 unspecified atom stereocenters. The molecule has 0 aromatic heterocycles. The van der Waals surface area contributed by atoms with Gasteiger partial charge in [0.15, 0.2) is 12.6 Å². The molecular formula is C41H68O9. The fourth-order valence-corrected chi connectivity index (χ4v) is 13.5. The molecule has 5 N–H and O–H groups in total. The first kappa shape index (κ1) is 37.7. The van der Waals surface area contributed by atoms with Crippen molar-refractivity contribution in [3.05, 3.63) is 11.6 Å². The fraction of sp³-hybridized carbons (Fsp3) is 0.951. The highest BCUT2D eigenvalue weighted by Crippen LogP contribution is 2.75. The molecule has 0 bridgehead atoms. The number of hydrogen-bond donors (Lipinski definition) is 5. The molecule has 0 radical (unpaired) electrons. The lowest BCUT2D eigenvalue weighted by Crippen LogP contribution is -2.65. The molecule has 7 aliphatic rings. The molecule has 0 spiro atoms. The Morgan fingerprint density at radius 2 is 1.42 bits per heavy atom. The quantitative estimate of drug-likeness (QED) is 0.240. The molecule has 286 valence electrons. The van der Waals surface area contributed by atoms with Crippen molar-refractivity contribution < 1.29 is 44.5 Å². The van der Waals surface area contributed by atoms with Gasteiger partial charge in [0, 0.05) is 0 Å². The predicted molar refractivity (Wildman–Crippen MR) is 188 cm³/mol. The summed E-state index contributed by atoms with van der Waals surface area (Å²) >= 11 is 0. The topological polar surface area (TPSA) is 138 Å². The van der Waals surface area contributed by atoms with Gasteiger partial charge in [-0.2, -0.15) is 0 Å². The van der Waals surface area contributed by atoms with Gasteiger partial charge in [-0.1, -0.05) is 67.0 Å². The van der Waals surface area contributed by atoms with Crippen molar-refractivity contribution in [3.63, 3.8) is 0 Å². The molecule has 2 aliphatic heterocycles. The highest BCUT2D eigenvalue weighted by atomic mass is 16.7. The van der Waals surface area contributed by atoms with Gasteiger partial charge in [0.1, 0.15) is 36.6 Å². The summed E-state index contributed by atoms with van der Waals surface area (Å²) in [5.74, 6) is 3.25. The Hall–Kier alpha value is -0.620. The van der Waals surface area contributed by atoms with E-state index in [1.54, 1.807) is 12.5 Å². The summed E-state index contributed by atoms with van der Waals surface area (Å²) in [5.41, 5.74) is 2.69. The zero-order valence-corrected chi connectivity index (χ0v) is 32.2. The molecule has 0 amide bonds. The lowest BCUT2D eigenvalue weighted by Gasteiger charge is -2.71. The van der Waals surface area contributed by atoms with E-state index in [0.29, 0.717) is 23.2 Å². The molecule has 2 saturated heterocycles. The van der Waals surface area contributed by atoms with Crippen molar-refractivity contribution in [1.82, 2.24) is 0 Å². The average molecular weight is 705 g/mol. The highest BCUT2D eigenvalue weighted by Gasteiger charge is 2.68. The summed E-state index contributed by atoms with van der Waals surface area (Å²) < 4.78 is 24.0. The van der Waals surface area contributed by atoms with E-state index in [4.69, 9.17) is 18.9 Å². The zero-order chi connectivity index (χ0) is 36.3. The van der Waals surface area contributed by atoms with E-state index in [9.17, 15) is 25.5 Å². The second-order valence-corrected chi connectivity index (χ2v) is 19.8. The predicted octanol–water partition coefficient (Wildman–Crippen LogP) is 5.34. The van der Waals surface area contributed by atoms with E-state index >= 15 is 0 Å². The van der Waals surface area contributed by atoms with Crippen molar-refractivity contribution in [2.45, 2.75) is 182 Å². The first-order valence-corrected chi connectivity index (χ1v) is 20.0. The Balaban J connectivity index is 1.05. The van der Waals surface area contributed by atoms with Gasteiger partial charge < -0.3 is 44.5 Å². The number of ether oxygens (including phenoxy) is 4. The van der Waals surface area contributed by atoms with E-state index in [1.165, 1.54) is 32.1 Å². The number of aliphatic hydroxyl groups is 5. The molecular weight excluding hydrogens is 636 g/mol. The van der Waals surface area contributed by atoms with E-state index in [0.717, 1.165) is 37.5 Å².